The van der Waals surface area contributed by atoms with Gasteiger partial charge in [-0.2, -0.15) is 0 Å². The van der Waals surface area contributed by atoms with E-state index < -0.39 is 5.82 Å². The first-order valence-corrected chi connectivity index (χ1v) is 6.25. The van der Waals surface area contributed by atoms with Crippen molar-refractivity contribution in [2.24, 2.45) is 0 Å². The number of hydrogen-bond donors (Lipinski definition) is 1. The van der Waals surface area contributed by atoms with Gasteiger partial charge in [-0.3, -0.25) is 0 Å². The second kappa shape index (κ2) is 5.30. The van der Waals surface area contributed by atoms with Crippen LogP contribution in [0.15, 0.2) is 28.9 Å². The van der Waals surface area contributed by atoms with Crippen LogP contribution in [-0.2, 0) is 0 Å². The lowest BCUT2D eigenvalue weighted by Crippen LogP contribution is -1.96. The van der Waals surface area contributed by atoms with Crippen molar-refractivity contribution in [2.75, 3.05) is 5.73 Å². The summed E-state index contributed by atoms with van der Waals surface area (Å²) in [6.07, 6.45) is 1.38. The zero-order chi connectivity index (χ0) is 13.3. The molecule has 2 N–H and O–H groups in total. The number of ether oxygens (including phenoxy) is 1. The van der Waals surface area contributed by atoms with E-state index in [9.17, 15) is 4.39 Å². The van der Waals surface area contributed by atoms with Crippen LogP contribution < -0.4 is 10.5 Å². The first-order chi connectivity index (χ1) is 8.47. The van der Waals surface area contributed by atoms with Crippen molar-refractivity contribution >= 4 is 44.8 Å². The molecule has 0 saturated heterocycles. The molecule has 0 aliphatic heterocycles. The van der Waals surface area contributed by atoms with E-state index in [2.05, 4.69) is 20.9 Å². The van der Waals surface area contributed by atoms with Gasteiger partial charge in [-0.15, -0.1) is 0 Å². The lowest BCUT2D eigenvalue weighted by Gasteiger charge is -2.09. The molecule has 0 amide bonds. The first kappa shape index (κ1) is 13.4. The standard InChI is InChI=1S/C11H6BrCl2FN2O/c12-6-2-7(14)8(15)3-10(6)18-11-9(16)1-5(13)4-17-11/h1-4H,16H2. The highest BCUT2D eigenvalue weighted by Crippen LogP contribution is 2.35. The van der Waals surface area contributed by atoms with E-state index in [-0.39, 0.29) is 22.3 Å². The monoisotopic (exact) mass is 350 g/mol. The van der Waals surface area contributed by atoms with Crippen molar-refractivity contribution in [1.82, 2.24) is 4.98 Å². The van der Waals surface area contributed by atoms with Crippen molar-refractivity contribution in [2.45, 2.75) is 0 Å². The Labute approximate surface area is 121 Å². The number of benzene rings is 1. The van der Waals surface area contributed by atoms with Gasteiger partial charge in [0.25, 0.3) is 0 Å². The molecule has 0 unspecified atom stereocenters. The minimum absolute atomic E-state index is 0.00809. The highest BCUT2D eigenvalue weighted by Gasteiger charge is 2.11. The Bertz CT molecular complexity index is 610. The maximum absolute atomic E-state index is 13.3. The van der Waals surface area contributed by atoms with Gasteiger partial charge in [-0.05, 0) is 28.1 Å². The van der Waals surface area contributed by atoms with Crippen molar-refractivity contribution in [3.05, 3.63) is 44.7 Å². The number of aromatic nitrogens is 1. The number of rotatable bonds is 2. The van der Waals surface area contributed by atoms with E-state index in [1.165, 1.54) is 18.3 Å². The zero-order valence-electron chi connectivity index (χ0n) is 8.75. The van der Waals surface area contributed by atoms with Gasteiger partial charge in [-0.25, -0.2) is 9.37 Å². The summed E-state index contributed by atoms with van der Waals surface area (Å²) >= 11 is 14.5. The molecule has 3 nitrogen and oxygen atoms in total. The number of anilines is 1. The highest BCUT2D eigenvalue weighted by molar-refractivity contribution is 9.10. The number of nitrogens with zero attached hydrogens (tertiary/aromatic N) is 1. The van der Waals surface area contributed by atoms with Gasteiger partial charge >= 0.3 is 0 Å². The van der Waals surface area contributed by atoms with E-state index in [0.29, 0.717) is 9.50 Å². The molecule has 2 rings (SSSR count). The molecule has 7 heteroatoms. The second-order valence-electron chi connectivity index (χ2n) is 3.35. The predicted octanol–water partition coefficient (Wildman–Crippen LogP) is 4.66. The summed E-state index contributed by atoms with van der Waals surface area (Å²) < 4.78 is 19.2. The molecule has 94 valence electrons. The Morgan fingerprint density at radius 2 is 2.00 bits per heavy atom. The topological polar surface area (TPSA) is 48.1 Å². The summed E-state index contributed by atoms with van der Waals surface area (Å²) in [7, 11) is 0. The normalized spacial score (nSPS) is 10.4. The van der Waals surface area contributed by atoms with Crippen LogP contribution in [0.25, 0.3) is 0 Å². The molecule has 1 heterocycles. The molecule has 18 heavy (non-hydrogen) atoms. The second-order valence-corrected chi connectivity index (χ2v) is 5.04. The summed E-state index contributed by atoms with van der Waals surface area (Å²) in [4.78, 5) is 3.91. The average molecular weight is 352 g/mol. The minimum Gasteiger partial charge on any atom is -0.436 e. The fraction of sp³-hybridized carbons (Fsp3) is 0. The summed E-state index contributed by atoms with van der Waals surface area (Å²) in [6.45, 7) is 0. The van der Waals surface area contributed by atoms with Crippen molar-refractivity contribution in [3.8, 4) is 11.6 Å². The minimum atomic E-state index is -0.595. The molecule has 0 spiro atoms. The SMILES string of the molecule is Nc1cc(Cl)cnc1Oc1cc(F)c(Cl)cc1Br. The van der Waals surface area contributed by atoms with E-state index >= 15 is 0 Å². The number of hydrogen-bond acceptors (Lipinski definition) is 3. The maximum atomic E-state index is 13.3. The number of nitrogens with two attached hydrogens (primary N) is 1. The summed E-state index contributed by atoms with van der Waals surface area (Å²) in [5.41, 5.74) is 5.93. The maximum Gasteiger partial charge on any atom is 0.242 e. The van der Waals surface area contributed by atoms with Crippen LogP contribution in [0.2, 0.25) is 10.0 Å². The van der Waals surface area contributed by atoms with Crippen LogP contribution in [0, 0.1) is 5.82 Å². The summed E-state index contributed by atoms with van der Waals surface area (Å²) in [5.74, 6) is -0.234. The highest BCUT2D eigenvalue weighted by atomic mass is 79.9. The molecule has 0 aliphatic rings. The number of nitrogen functional groups attached to an aromatic ring is 1. The molecule has 2 aromatic rings. The Morgan fingerprint density at radius 1 is 1.28 bits per heavy atom. The fourth-order valence-corrected chi connectivity index (χ4v) is 2.10. The lowest BCUT2D eigenvalue weighted by atomic mass is 10.3. The summed E-state index contributed by atoms with van der Waals surface area (Å²) in [6, 6.07) is 4.02. The Kier molecular flexibility index (Phi) is 3.94. The zero-order valence-corrected chi connectivity index (χ0v) is 11.9. The van der Waals surface area contributed by atoms with E-state index in [4.69, 9.17) is 33.7 Å². The third-order valence-corrected chi connectivity index (χ3v) is 3.14. The van der Waals surface area contributed by atoms with Crippen molar-refractivity contribution in [3.63, 3.8) is 0 Å². The Hall–Kier alpha value is -1.04. The van der Waals surface area contributed by atoms with Crippen LogP contribution in [0.5, 0.6) is 11.6 Å². The van der Waals surface area contributed by atoms with Crippen LogP contribution >= 0.6 is 39.1 Å². The van der Waals surface area contributed by atoms with E-state index in [1.807, 2.05) is 0 Å². The fourth-order valence-electron chi connectivity index (χ4n) is 1.21. The largest absolute Gasteiger partial charge is 0.436 e. The first-order valence-electron chi connectivity index (χ1n) is 4.71. The van der Waals surface area contributed by atoms with Gasteiger partial charge in [0.2, 0.25) is 5.88 Å². The van der Waals surface area contributed by atoms with Crippen molar-refractivity contribution in [1.29, 1.82) is 0 Å². The average Bonchev–Trinajstić information content (AvgIpc) is 2.29. The molecule has 0 aliphatic carbocycles. The molecule has 1 aromatic carbocycles. The Balaban J connectivity index is 2.37. The molecule has 0 radical (unpaired) electrons. The van der Waals surface area contributed by atoms with Crippen LogP contribution in [0.3, 0.4) is 0 Å². The van der Waals surface area contributed by atoms with E-state index in [1.54, 1.807) is 0 Å². The summed E-state index contributed by atoms with van der Waals surface area (Å²) in [5, 5.41) is 0.382. The molecule has 0 saturated carbocycles. The number of halogens is 4. The van der Waals surface area contributed by atoms with Crippen molar-refractivity contribution < 1.29 is 9.13 Å². The Morgan fingerprint density at radius 3 is 2.67 bits per heavy atom. The molecular formula is C11H6BrCl2FN2O. The smallest absolute Gasteiger partial charge is 0.242 e. The third kappa shape index (κ3) is 2.85. The van der Waals surface area contributed by atoms with Gasteiger partial charge in [0.1, 0.15) is 11.6 Å². The number of pyridine rings is 1. The predicted molar refractivity (Wildman–Crippen MR) is 72.8 cm³/mol. The van der Waals surface area contributed by atoms with E-state index in [0.717, 1.165) is 6.07 Å². The van der Waals surface area contributed by atoms with Gasteiger partial charge in [0.15, 0.2) is 0 Å². The molecule has 0 fully saturated rings. The molecule has 0 atom stereocenters. The van der Waals surface area contributed by atoms with Gasteiger partial charge < -0.3 is 10.5 Å². The van der Waals surface area contributed by atoms with Crippen LogP contribution in [0.4, 0.5) is 10.1 Å². The molecule has 1 aromatic heterocycles. The van der Waals surface area contributed by atoms with Crippen LogP contribution in [-0.4, -0.2) is 4.98 Å². The third-order valence-electron chi connectivity index (χ3n) is 2.03. The molecule has 0 bridgehead atoms. The lowest BCUT2D eigenvalue weighted by molar-refractivity contribution is 0.458. The quantitative estimate of drug-likeness (QED) is 0.800. The van der Waals surface area contributed by atoms with Gasteiger partial charge in [0, 0.05) is 12.3 Å². The molecular weight excluding hydrogens is 346 g/mol. The van der Waals surface area contributed by atoms with Gasteiger partial charge in [-0.1, -0.05) is 23.2 Å². The van der Waals surface area contributed by atoms with Gasteiger partial charge in [0.05, 0.1) is 20.2 Å². The van der Waals surface area contributed by atoms with Crippen LogP contribution in [0.1, 0.15) is 0 Å².